The molecule has 5 rings (SSSR count). The third-order valence-electron chi connectivity index (χ3n) is 5.95. The summed E-state index contributed by atoms with van der Waals surface area (Å²) in [5.41, 5.74) is 3.31. The van der Waals surface area contributed by atoms with Crippen molar-refractivity contribution in [3.05, 3.63) is 90.0 Å². The average molecular weight is 428 g/mol. The zero-order valence-electron chi connectivity index (χ0n) is 18.0. The monoisotopic (exact) mass is 428 g/mol. The summed E-state index contributed by atoms with van der Waals surface area (Å²) in [6.07, 6.45) is -0.874. The summed E-state index contributed by atoms with van der Waals surface area (Å²) in [4.78, 5) is 34.3. The predicted octanol–water partition coefficient (Wildman–Crippen LogP) is 4.44. The summed E-state index contributed by atoms with van der Waals surface area (Å²) in [5.74, 6) is -0.477. The second-order valence-corrected chi connectivity index (χ2v) is 8.01. The van der Waals surface area contributed by atoms with Gasteiger partial charge in [0.1, 0.15) is 11.7 Å². The fourth-order valence-corrected chi connectivity index (χ4v) is 4.43. The Balaban J connectivity index is 1.55. The number of carbonyl (C=O) groups is 2. The molecule has 3 atom stereocenters. The number of aryl methyl sites for hydroxylation is 1. The second-order valence-electron chi connectivity index (χ2n) is 8.01. The SMILES string of the molecule is CCOc1ccc(C2C3C(=O)N(c4ccc(C)cc4)C(=O)C3ON2c2ccccc2)cc1. The van der Waals surface area contributed by atoms with Gasteiger partial charge in [0, 0.05) is 0 Å². The first kappa shape index (κ1) is 20.3. The maximum atomic E-state index is 13.6. The normalized spacial score (nSPS) is 22.4. The first-order chi connectivity index (χ1) is 15.6. The van der Waals surface area contributed by atoms with Crippen molar-refractivity contribution in [2.45, 2.75) is 26.0 Å². The zero-order chi connectivity index (χ0) is 22.2. The van der Waals surface area contributed by atoms with Crippen molar-refractivity contribution in [3.63, 3.8) is 0 Å². The van der Waals surface area contributed by atoms with Gasteiger partial charge in [-0.25, -0.2) is 9.96 Å². The first-order valence-electron chi connectivity index (χ1n) is 10.8. The lowest BCUT2D eigenvalue weighted by molar-refractivity contribution is -0.126. The summed E-state index contributed by atoms with van der Waals surface area (Å²) in [6.45, 7) is 4.48. The molecule has 0 spiro atoms. The first-order valence-corrected chi connectivity index (χ1v) is 10.8. The van der Waals surface area contributed by atoms with Crippen LogP contribution in [0.4, 0.5) is 11.4 Å². The third kappa shape index (κ3) is 3.33. The van der Waals surface area contributed by atoms with E-state index in [1.807, 2.05) is 80.6 Å². The molecule has 0 aliphatic carbocycles. The molecule has 162 valence electrons. The van der Waals surface area contributed by atoms with E-state index in [1.165, 1.54) is 4.90 Å². The van der Waals surface area contributed by atoms with Crippen molar-refractivity contribution in [2.24, 2.45) is 5.92 Å². The van der Waals surface area contributed by atoms with E-state index in [0.29, 0.717) is 12.3 Å². The van der Waals surface area contributed by atoms with Gasteiger partial charge >= 0.3 is 0 Å². The highest BCUT2D eigenvalue weighted by atomic mass is 16.7. The Labute approximate surface area is 186 Å². The van der Waals surface area contributed by atoms with Gasteiger partial charge in [0.05, 0.1) is 24.0 Å². The van der Waals surface area contributed by atoms with Crippen molar-refractivity contribution in [3.8, 4) is 5.75 Å². The molecule has 3 aromatic carbocycles. The van der Waals surface area contributed by atoms with Gasteiger partial charge in [-0.15, -0.1) is 0 Å². The molecule has 6 nitrogen and oxygen atoms in total. The molecule has 32 heavy (non-hydrogen) atoms. The Bertz CT molecular complexity index is 1130. The van der Waals surface area contributed by atoms with Crippen molar-refractivity contribution >= 4 is 23.2 Å². The molecule has 0 radical (unpaired) electrons. The zero-order valence-corrected chi connectivity index (χ0v) is 18.0. The number of benzene rings is 3. The number of fused-ring (bicyclic) bond motifs is 1. The van der Waals surface area contributed by atoms with Crippen LogP contribution in [0.15, 0.2) is 78.9 Å². The van der Waals surface area contributed by atoms with Crippen LogP contribution in [0.1, 0.15) is 24.1 Å². The van der Waals surface area contributed by atoms with Gasteiger partial charge in [-0.2, -0.15) is 0 Å². The summed E-state index contributed by atoms with van der Waals surface area (Å²) >= 11 is 0. The van der Waals surface area contributed by atoms with Crippen LogP contribution < -0.4 is 14.7 Å². The van der Waals surface area contributed by atoms with E-state index in [2.05, 4.69) is 0 Å². The number of hydroxylamine groups is 1. The summed E-state index contributed by atoms with van der Waals surface area (Å²) in [7, 11) is 0. The molecule has 0 bridgehead atoms. The molecule has 2 aliphatic rings. The van der Waals surface area contributed by atoms with E-state index in [4.69, 9.17) is 9.57 Å². The van der Waals surface area contributed by atoms with Crippen LogP contribution in [-0.4, -0.2) is 24.5 Å². The minimum absolute atomic E-state index is 0.249. The molecule has 0 N–H and O–H groups in total. The Kier molecular flexibility index (Phi) is 5.15. The highest BCUT2D eigenvalue weighted by molar-refractivity contribution is 6.23. The Morgan fingerprint density at radius 2 is 1.53 bits per heavy atom. The van der Waals surface area contributed by atoms with E-state index in [-0.39, 0.29) is 11.8 Å². The third-order valence-corrected chi connectivity index (χ3v) is 5.95. The summed E-state index contributed by atoms with van der Waals surface area (Å²) in [6, 6.07) is 24.1. The molecule has 0 saturated carbocycles. The molecule has 2 amide bonds. The van der Waals surface area contributed by atoms with Crippen molar-refractivity contribution in [2.75, 3.05) is 16.6 Å². The van der Waals surface area contributed by atoms with Crippen molar-refractivity contribution < 1.29 is 19.2 Å². The quantitative estimate of drug-likeness (QED) is 0.562. The molecule has 3 unspecified atom stereocenters. The lowest BCUT2D eigenvalue weighted by Gasteiger charge is -2.28. The molecule has 2 saturated heterocycles. The maximum Gasteiger partial charge on any atom is 0.266 e. The molecule has 2 fully saturated rings. The van der Waals surface area contributed by atoms with Gasteiger partial charge in [0.15, 0.2) is 6.10 Å². The Morgan fingerprint density at radius 3 is 2.19 bits per heavy atom. The number of anilines is 2. The average Bonchev–Trinajstić information content (AvgIpc) is 3.32. The van der Waals surface area contributed by atoms with Crippen LogP contribution in [0.2, 0.25) is 0 Å². The number of carbonyl (C=O) groups excluding carboxylic acids is 2. The second kappa shape index (κ2) is 8.13. The van der Waals surface area contributed by atoms with Gasteiger partial charge in [0.25, 0.3) is 5.91 Å². The number of amides is 2. The van der Waals surface area contributed by atoms with Crippen LogP contribution in [0.3, 0.4) is 0 Å². The molecule has 6 heteroatoms. The van der Waals surface area contributed by atoms with E-state index >= 15 is 0 Å². The number of hydrogen-bond donors (Lipinski definition) is 0. The smallest absolute Gasteiger partial charge is 0.266 e. The predicted molar refractivity (Wildman–Crippen MR) is 121 cm³/mol. The van der Waals surface area contributed by atoms with Gasteiger partial charge < -0.3 is 4.74 Å². The largest absolute Gasteiger partial charge is 0.494 e. The highest BCUT2D eigenvalue weighted by Gasteiger charge is 2.60. The number of rotatable bonds is 5. The number of imide groups is 1. The van der Waals surface area contributed by atoms with Crippen LogP contribution in [0.5, 0.6) is 5.75 Å². The molecule has 3 aromatic rings. The van der Waals surface area contributed by atoms with E-state index in [1.54, 1.807) is 17.2 Å². The number of ether oxygens (including phenoxy) is 1. The molecule has 0 aromatic heterocycles. The number of nitrogens with zero attached hydrogens (tertiary/aromatic N) is 2. The van der Waals surface area contributed by atoms with Gasteiger partial charge in [-0.05, 0) is 55.8 Å². The van der Waals surface area contributed by atoms with Crippen LogP contribution in [0, 0.1) is 12.8 Å². The molecule has 2 aliphatic heterocycles. The lowest BCUT2D eigenvalue weighted by Crippen LogP contribution is -2.37. The fraction of sp³-hybridized carbons (Fsp3) is 0.231. The van der Waals surface area contributed by atoms with E-state index in [0.717, 1.165) is 22.6 Å². The molecular weight excluding hydrogens is 404 g/mol. The van der Waals surface area contributed by atoms with Crippen LogP contribution in [0.25, 0.3) is 0 Å². The number of hydrogen-bond acceptors (Lipinski definition) is 5. The van der Waals surface area contributed by atoms with Crippen molar-refractivity contribution in [1.82, 2.24) is 0 Å². The molecular formula is C26H24N2O4. The van der Waals surface area contributed by atoms with Crippen LogP contribution >= 0.6 is 0 Å². The minimum Gasteiger partial charge on any atom is -0.494 e. The summed E-state index contributed by atoms with van der Waals surface area (Å²) in [5, 5.41) is 1.70. The Morgan fingerprint density at radius 1 is 0.844 bits per heavy atom. The Hall–Kier alpha value is -3.64. The fourth-order valence-electron chi connectivity index (χ4n) is 4.43. The van der Waals surface area contributed by atoms with E-state index < -0.39 is 18.1 Å². The topological polar surface area (TPSA) is 59.1 Å². The van der Waals surface area contributed by atoms with Crippen LogP contribution in [-0.2, 0) is 14.4 Å². The van der Waals surface area contributed by atoms with Crippen molar-refractivity contribution in [1.29, 1.82) is 0 Å². The number of para-hydroxylation sites is 1. The summed E-state index contributed by atoms with van der Waals surface area (Å²) < 4.78 is 5.57. The standard InChI is InChI=1S/C26H24N2O4/c1-3-31-21-15-11-18(12-16-21)23-22-24(32-28(23)20-7-5-4-6-8-20)26(30)27(25(22)29)19-13-9-17(2)10-14-19/h4-16,22-24H,3H2,1-2H3. The molecule has 2 heterocycles. The maximum absolute atomic E-state index is 13.6. The van der Waals surface area contributed by atoms with Gasteiger partial charge in [-0.3, -0.25) is 14.4 Å². The lowest BCUT2D eigenvalue weighted by atomic mass is 9.90. The highest BCUT2D eigenvalue weighted by Crippen LogP contribution is 2.47. The minimum atomic E-state index is -0.874. The van der Waals surface area contributed by atoms with Gasteiger partial charge in [0.2, 0.25) is 5.91 Å². The van der Waals surface area contributed by atoms with E-state index in [9.17, 15) is 9.59 Å². The van der Waals surface area contributed by atoms with Gasteiger partial charge in [-0.1, -0.05) is 48.0 Å².